The Morgan fingerprint density at radius 1 is 1.35 bits per heavy atom. The van der Waals surface area contributed by atoms with Gasteiger partial charge in [-0.2, -0.15) is 9.61 Å². The number of hydrogen-bond donors (Lipinski definition) is 1. The normalized spacial score (nSPS) is 11.1. The molecule has 0 aliphatic carbocycles. The topological polar surface area (TPSA) is 102 Å². The zero-order chi connectivity index (χ0) is 18.1. The molecule has 12 heteroatoms. The van der Waals surface area contributed by atoms with Gasteiger partial charge < -0.3 is 0 Å². The van der Waals surface area contributed by atoms with E-state index in [2.05, 4.69) is 25.6 Å². The Morgan fingerprint density at radius 2 is 2.23 bits per heavy atom. The molecule has 0 saturated carbocycles. The molecule has 4 heterocycles. The van der Waals surface area contributed by atoms with Crippen LogP contribution < -0.4 is 10.9 Å². The van der Waals surface area contributed by atoms with Crippen molar-refractivity contribution < 1.29 is 4.79 Å². The smallest absolute Gasteiger partial charge is 0.275 e. The molecule has 8 nitrogen and oxygen atoms in total. The number of rotatable bonds is 5. The molecule has 4 rings (SSSR count). The molecule has 0 unspecified atom stereocenters. The van der Waals surface area contributed by atoms with Gasteiger partial charge in [0.1, 0.15) is 5.01 Å². The third-order valence-electron chi connectivity index (χ3n) is 3.11. The summed E-state index contributed by atoms with van der Waals surface area (Å²) in [5, 5.41) is 17.9. The molecule has 4 aromatic rings. The first kappa shape index (κ1) is 17.3. The van der Waals surface area contributed by atoms with Gasteiger partial charge in [0.2, 0.25) is 10.1 Å². The van der Waals surface area contributed by atoms with Crippen molar-refractivity contribution in [3.05, 3.63) is 49.5 Å². The zero-order valence-electron chi connectivity index (χ0n) is 13.2. The lowest BCUT2D eigenvalue weighted by atomic mass is 10.4. The monoisotopic (exact) mass is 422 g/mol. The van der Waals surface area contributed by atoms with Crippen LogP contribution in [-0.4, -0.2) is 30.7 Å². The molecular formula is C14H10N6O2S4. The predicted molar refractivity (Wildman–Crippen MR) is 104 cm³/mol. The van der Waals surface area contributed by atoms with Gasteiger partial charge in [0, 0.05) is 11.8 Å². The molecule has 132 valence electrons. The Morgan fingerprint density at radius 3 is 3.04 bits per heavy atom. The Labute approximate surface area is 163 Å². The van der Waals surface area contributed by atoms with Crippen molar-refractivity contribution in [2.24, 2.45) is 0 Å². The van der Waals surface area contributed by atoms with Gasteiger partial charge in [0.05, 0.1) is 10.6 Å². The first-order chi connectivity index (χ1) is 12.6. The Hall–Kier alpha value is -2.15. The van der Waals surface area contributed by atoms with E-state index in [4.69, 9.17) is 0 Å². The van der Waals surface area contributed by atoms with Gasteiger partial charge in [-0.1, -0.05) is 40.5 Å². The van der Waals surface area contributed by atoms with E-state index in [-0.39, 0.29) is 11.5 Å². The minimum absolute atomic E-state index is 0.198. The molecule has 0 radical (unpaired) electrons. The second-order valence-corrected chi connectivity index (χ2v) is 9.30. The number of thiophene rings is 1. The van der Waals surface area contributed by atoms with Crippen LogP contribution in [0.3, 0.4) is 0 Å². The van der Waals surface area contributed by atoms with Crippen LogP contribution in [-0.2, 0) is 5.75 Å². The van der Waals surface area contributed by atoms with Crippen molar-refractivity contribution in [1.82, 2.24) is 24.8 Å². The van der Waals surface area contributed by atoms with E-state index in [1.807, 2.05) is 18.4 Å². The van der Waals surface area contributed by atoms with Crippen LogP contribution in [0.2, 0.25) is 0 Å². The van der Waals surface area contributed by atoms with E-state index in [1.54, 1.807) is 6.07 Å². The predicted octanol–water partition coefficient (Wildman–Crippen LogP) is 2.92. The van der Waals surface area contributed by atoms with Crippen LogP contribution in [0.25, 0.3) is 4.96 Å². The highest BCUT2D eigenvalue weighted by atomic mass is 32.2. The first-order valence-corrected chi connectivity index (χ1v) is 10.8. The molecule has 0 aliphatic heterocycles. The Bertz CT molecular complexity index is 1130. The maximum absolute atomic E-state index is 12.0. The number of aromatic nitrogens is 5. The van der Waals surface area contributed by atoms with Gasteiger partial charge in [0.25, 0.3) is 11.5 Å². The van der Waals surface area contributed by atoms with E-state index in [9.17, 15) is 9.59 Å². The van der Waals surface area contributed by atoms with Gasteiger partial charge >= 0.3 is 0 Å². The van der Waals surface area contributed by atoms with Gasteiger partial charge in [-0.05, 0) is 18.4 Å². The van der Waals surface area contributed by atoms with Crippen molar-refractivity contribution >= 4 is 61.8 Å². The molecule has 0 bridgehead atoms. The number of carbonyl (C=O) groups is 1. The molecular weight excluding hydrogens is 412 g/mol. The van der Waals surface area contributed by atoms with Gasteiger partial charge in [-0.3, -0.25) is 14.9 Å². The quantitative estimate of drug-likeness (QED) is 0.390. The summed E-state index contributed by atoms with van der Waals surface area (Å²) < 4.78 is 1.99. The summed E-state index contributed by atoms with van der Waals surface area (Å²) in [5.41, 5.74) is 0.458. The number of fused-ring (bicyclic) bond motifs is 1. The van der Waals surface area contributed by atoms with E-state index >= 15 is 0 Å². The minimum Gasteiger partial charge on any atom is -0.296 e. The zero-order valence-corrected chi connectivity index (χ0v) is 16.5. The lowest BCUT2D eigenvalue weighted by Gasteiger charge is -1.98. The number of thioether (sulfide) groups is 1. The maximum Gasteiger partial charge on any atom is 0.275 e. The highest BCUT2D eigenvalue weighted by Crippen LogP contribution is 2.28. The van der Waals surface area contributed by atoms with Crippen molar-refractivity contribution in [3.63, 3.8) is 0 Å². The average Bonchev–Trinajstić information content (AvgIpc) is 3.33. The van der Waals surface area contributed by atoms with Gasteiger partial charge in [-0.15, -0.1) is 21.5 Å². The van der Waals surface area contributed by atoms with E-state index in [0.717, 1.165) is 5.01 Å². The number of nitrogens with one attached hydrogen (secondary N) is 1. The molecule has 0 fully saturated rings. The van der Waals surface area contributed by atoms with E-state index in [0.29, 0.717) is 30.8 Å². The third-order valence-corrected chi connectivity index (χ3v) is 6.81. The molecule has 1 N–H and O–H groups in total. The molecule has 26 heavy (non-hydrogen) atoms. The molecule has 0 saturated heterocycles. The van der Waals surface area contributed by atoms with Crippen LogP contribution in [0.5, 0.6) is 0 Å². The molecule has 0 atom stereocenters. The number of carbonyl (C=O) groups excluding carboxylic acids is 1. The number of aryl methyl sites for hydroxylation is 1. The van der Waals surface area contributed by atoms with Crippen LogP contribution in [0, 0.1) is 6.92 Å². The summed E-state index contributed by atoms with van der Waals surface area (Å²) in [6.07, 6.45) is 0. The number of hydrogen-bond acceptors (Lipinski definition) is 10. The molecule has 4 aromatic heterocycles. The van der Waals surface area contributed by atoms with Crippen molar-refractivity contribution in [3.8, 4) is 0 Å². The SMILES string of the molecule is Cc1nn2c(=O)cc(CSc3nnc(NC(=O)c4cccs4)s3)nc2s1. The second kappa shape index (κ2) is 7.23. The van der Waals surface area contributed by atoms with E-state index < -0.39 is 0 Å². The lowest BCUT2D eigenvalue weighted by molar-refractivity contribution is 0.103. The fourth-order valence-corrected chi connectivity index (χ4v) is 5.07. The fraction of sp³-hybridized carbons (Fsp3) is 0.143. The summed E-state index contributed by atoms with van der Waals surface area (Å²) in [4.78, 5) is 29.7. The lowest BCUT2D eigenvalue weighted by Crippen LogP contribution is -2.15. The first-order valence-electron chi connectivity index (χ1n) is 7.26. The van der Waals surface area contributed by atoms with Gasteiger partial charge in [0.15, 0.2) is 4.34 Å². The van der Waals surface area contributed by atoms with Crippen LogP contribution >= 0.6 is 45.8 Å². The minimum atomic E-state index is -0.201. The fourth-order valence-electron chi connectivity index (χ4n) is 2.05. The average molecular weight is 423 g/mol. The Kier molecular flexibility index (Phi) is 4.80. The Balaban J connectivity index is 1.43. The molecule has 0 aliphatic rings. The third kappa shape index (κ3) is 3.67. The van der Waals surface area contributed by atoms with Crippen LogP contribution in [0.4, 0.5) is 5.13 Å². The number of anilines is 1. The summed E-state index contributed by atoms with van der Waals surface area (Å²) in [6, 6.07) is 5.04. The van der Waals surface area contributed by atoms with Crippen LogP contribution in [0.15, 0.2) is 32.7 Å². The van der Waals surface area contributed by atoms with Crippen LogP contribution in [0.1, 0.15) is 20.4 Å². The van der Waals surface area contributed by atoms with Crippen molar-refractivity contribution in [1.29, 1.82) is 0 Å². The largest absolute Gasteiger partial charge is 0.296 e. The highest BCUT2D eigenvalue weighted by molar-refractivity contribution is 8.00. The standard InChI is InChI=1S/C14H10N6O2S4/c1-7-19-20-10(21)5-8(15-13(20)25-7)6-24-14-18-17-12(26-14)16-11(22)9-3-2-4-23-9/h2-5H,6H2,1H3,(H,16,17,22). The molecule has 1 amide bonds. The molecule has 0 spiro atoms. The highest BCUT2D eigenvalue weighted by Gasteiger charge is 2.12. The van der Waals surface area contributed by atoms with E-state index in [1.165, 1.54) is 56.4 Å². The summed E-state index contributed by atoms with van der Waals surface area (Å²) in [5.74, 6) is 0.282. The maximum atomic E-state index is 12.0. The number of nitrogens with zero attached hydrogens (tertiary/aromatic N) is 5. The summed E-state index contributed by atoms with van der Waals surface area (Å²) >= 11 is 5.43. The van der Waals surface area contributed by atoms with Crippen molar-refractivity contribution in [2.45, 2.75) is 17.0 Å². The summed E-state index contributed by atoms with van der Waals surface area (Å²) in [6.45, 7) is 1.83. The molecule has 0 aromatic carbocycles. The number of amides is 1. The van der Waals surface area contributed by atoms with Gasteiger partial charge in [-0.25, -0.2) is 4.98 Å². The second-order valence-electron chi connectivity index (χ2n) is 4.99. The van der Waals surface area contributed by atoms with Crippen molar-refractivity contribution in [2.75, 3.05) is 5.32 Å². The summed E-state index contributed by atoms with van der Waals surface area (Å²) in [7, 11) is 0.